The molecule has 1 rings (SSSR count). The van der Waals surface area contributed by atoms with Crippen LogP contribution in [0.25, 0.3) is 0 Å². The van der Waals surface area contributed by atoms with Gasteiger partial charge in [0.25, 0.3) is 0 Å². The molecule has 0 N–H and O–H groups in total. The number of para-hydroxylation sites is 1. The summed E-state index contributed by atoms with van der Waals surface area (Å²) in [6.45, 7) is 0.0946. The minimum Gasteiger partial charge on any atom is -0.492 e. The van der Waals surface area contributed by atoms with Crippen molar-refractivity contribution in [1.82, 2.24) is 4.31 Å². The standard InChI is InChI=1S/C9H12FNO3S/c1-11(15(10,12)13)7-8-14-9-5-3-2-4-6-9/h2-6H,7-8H2,1H3. The lowest BCUT2D eigenvalue weighted by Crippen LogP contribution is -2.27. The molecule has 0 aromatic heterocycles. The molecule has 0 aliphatic carbocycles. The Hall–Kier alpha value is -1.14. The third kappa shape index (κ3) is 4.26. The average molecular weight is 233 g/mol. The molecule has 0 fully saturated rings. The molecule has 0 aliphatic rings. The van der Waals surface area contributed by atoms with Gasteiger partial charge in [0.05, 0.1) is 0 Å². The summed E-state index contributed by atoms with van der Waals surface area (Å²) in [6.07, 6.45) is 0. The van der Waals surface area contributed by atoms with E-state index in [4.69, 9.17) is 4.74 Å². The third-order valence-corrected chi connectivity index (χ3v) is 2.72. The molecule has 1 aromatic carbocycles. The molecule has 1 aromatic rings. The number of rotatable bonds is 5. The molecule has 4 nitrogen and oxygen atoms in total. The van der Waals surface area contributed by atoms with Crippen molar-refractivity contribution in [2.75, 3.05) is 20.2 Å². The van der Waals surface area contributed by atoms with Gasteiger partial charge in [-0.3, -0.25) is 0 Å². The number of hydrogen-bond donors (Lipinski definition) is 0. The van der Waals surface area contributed by atoms with Crippen LogP contribution in [0.4, 0.5) is 3.89 Å². The van der Waals surface area contributed by atoms with E-state index >= 15 is 0 Å². The second kappa shape index (κ2) is 5.09. The molecule has 0 atom stereocenters. The average Bonchev–Trinajstić information content (AvgIpc) is 2.18. The number of benzene rings is 1. The van der Waals surface area contributed by atoms with Crippen LogP contribution >= 0.6 is 0 Å². The quantitative estimate of drug-likeness (QED) is 0.718. The summed E-state index contributed by atoms with van der Waals surface area (Å²) in [5.41, 5.74) is 0. The number of hydrogen-bond acceptors (Lipinski definition) is 3. The van der Waals surface area contributed by atoms with Gasteiger partial charge in [0.1, 0.15) is 12.4 Å². The van der Waals surface area contributed by atoms with Crippen LogP contribution in [0.3, 0.4) is 0 Å². The van der Waals surface area contributed by atoms with Gasteiger partial charge in [-0.2, -0.15) is 12.7 Å². The highest BCUT2D eigenvalue weighted by Gasteiger charge is 2.14. The summed E-state index contributed by atoms with van der Waals surface area (Å²) in [6, 6.07) is 8.91. The van der Waals surface area contributed by atoms with Crippen molar-refractivity contribution in [3.05, 3.63) is 30.3 Å². The van der Waals surface area contributed by atoms with E-state index in [0.29, 0.717) is 10.1 Å². The maximum absolute atomic E-state index is 12.4. The molecule has 0 radical (unpaired) electrons. The fraction of sp³-hybridized carbons (Fsp3) is 0.333. The van der Waals surface area contributed by atoms with Gasteiger partial charge in [-0.15, -0.1) is 0 Å². The second-order valence-corrected chi connectivity index (χ2v) is 4.37. The van der Waals surface area contributed by atoms with Crippen LogP contribution < -0.4 is 4.74 Å². The van der Waals surface area contributed by atoms with Crippen LogP contribution in [0, 0.1) is 0 Å². The van der Waals surface area contributed by atoms with E-state index < -0.39 is 10.4 Å². The number of likely N-dealkylation sites (N-methyl/N-ethyl adjacent to an activating group) is 1. The first-order valence-electron chi connectivity index (χ1n) is 4.34. The smallest absolute Gasteiger partial charge is 0.374 e. The molecule has 0 saturated carbocycles. The topological polar surface area (TPSA) is 46.6 Å². The van der Waals surface area contributed by atoms with Crippen LogP contribution in [0.15, 0.2) is 30.3 Å². The van der Waals surface area contributed by atoms with E-state index in [1.165, 1.54) is 0 Å². The Morgan fingerprint density at radius 1 is 1.33 bits per heavy atom. The zero-order chi connectivity index (χ0) is 11.3. The van der Waals surface area contributed by atoms with Crippen molar-refractivity contribution < 1.29 is 17.0 Å². The zero-order valence-electron chi connectivity index (χ0n) is 8.26. The van der Waals surface area contributed by atoms with Crippen LogP contribution in [-0.2, 0) is 10.4 Å². The highest BCUT2D eigenvalue weighted by Crippen LogP contribution is 2.08. The highest BCUT2D eigenvalue weighted by atomic mass is 32.3. The number of halogens is 1. The summed E-state index contributed by atoms with van der Waals surface area (Å²) >= 11 is 0. The molecule has 0 aliphatic heterocycles. The van der Waals surface area contributed by atoms with E-state index in [9.17, 15) is 12.3 Å². The molecule has 0 heterocycles. The maximum atomic E-state index is 12.4. The molecule has 15 heavy (non-hydrogen) atoms. The largest absolute Gasteiger partial charge is 0.492 e. The monoisotopic (exact) mass is 233 g/mol. The first-order valence-corrected chi connectivity index (χ1v) is 5.68. The van der Waals surface area contributed by atoms with E-state index in [1.54, 1.807) is 24.3 Å². The molecule has 0 bridgehead atoms. The molecule has 6 heteroatoms. The van der Waals surface area contributed by atoms with Crippen LogP contribution in [-0.4, -0.2) is 32.9 Å². The Morgan fingerprint density at radius 3 is 2.47 bits per heavy atom. The normalized spacial score (nSPS) is 11.7. The minimum atomic E-state index is -4.60. The zero-order valence-corrected chi connectivity index (χ0v) is 9.08. The Kier molecular flexibility index (Phi) is 4.05. The molecule has 84 valence electrons. The third-order valence-electron chi connectivity index (χ3n) is 1.79. The molecule has 0 saturated heterocycles. The highest BCUT2D eigenvalue weighted by molar-refractivity contribution is 7.83. The van der Waals surface area contributed by atoms with Gasteiger partial charge in [-0.1, -0.05) is 22.1 Å². The fourth-order valence-corrected chi connectivity index (χ4v) is 1.21. The van der Waals surface area contributed by atoms with Crippen molar-refractivity contribution in [3.63, 3.8) is 0 Å². The van der Waals surface area contributed by atoms with Gasteiger partial charge in [0, 0.05) is 13.6 Å². The van der Waals surface area contributed by atoms with Crippen molar-refractivity contribution in [2.24, 2.45) is 0 Å². The summed E-state index contributed by atoms with van der Waals surface area (Å²) in [5, 5.41) is 0. The Bertz CT molecular complexity index is 393. The molecular formula is C9H12FNO3S. The van der Waals surface area contributed by atoms with E-state index in [-0.39, 0.29) is 13.2 Å². The number of nitrogens with zero attached hydrogens (tertiary/aromatic N) is 1. The lowest BCUT2D eigenvalue weighted by Gasteiger charge is -2.11. The number of ether oxygens (including phenoxy) is 1. The van der Waals surface area contributed by atoms with Gasteiger partial charge in [0.2, 0.25) is 0 Å². The Morgan fingerprint density at radius 2 is 1.93 bits per heavy atom. The van der Waals surface area contributed by atoms with Gasteiger partial charge >= 0.3 is 10.4 Å². The predicted octanol–water partition coefficient (Wildman–Crippen LogP) is 1.21. The lowest BCUT2D eigenvalue weighted by molar-refractivity contribution is 0.282. The summed E-state index contributed by atoms with van der Waals surface area (Å²) in [5.74, 6) is 0.627. The van der Waals surface area contributed by atoms with Gasteiger partial charge < -0.3 is 4.74 Å². The molecule has 0 unspecified atom stereocenters. The van der Waals surface area contributed by atoms with Crippen LogP contribution in [0.1, 0.15) is 0 Å². The first-order chi connectivity index (χ1) is 7.00. The SMILES string of the molecule is CN(CCOc1ccccc1)S(=O)(=O)F. The Balaban J connectivity index is 2.35. The van der Waals surface area contributed by atoms with Gasteiger partial charge in [-0.05, 0) is 12.1 Å². The molecular weight excluding hydrogens is 221 g/mol. The van der Waals surface area contributed by atoms with E-state index in [0.717, 1.165) is 7.05 Å². The summed E-state index contributed by atoms with van der Waals surface area (Å²) in [4.78, 5) is 0. The lowest BCUT2D eigenvalue weighted by atomic mass is 10.3. The van der Waals surface area contributed by atoms with Gasteiger partial charge in [0.15, 0.2) is 0 Å². The van der Waals surface area contributed by atoms with E-state index in [2.05, 4.69) is 0 Å². The molecule has 0 spiro atoms. The molecule has 0 amide bonds. The maximum Gasteiger partial charge on any atom is 0.374 e. The van der Waals surface area contributed by atoms with Crippen molar-refractivity contribution in [2.45, 2.75) is 0 Å². The van der Waals surface area contributed by atoms with Crippen molar-refractivity contribution >= 4 is 10.4 Å². The van der Waals surface area contributed by atoms with Crippen molar-refractivity contribution in [1.29, 1.82) is 0 Å². The van der Waals surface area contributed by atoms with Crippen LogP contribution in [0.5, 0.6) is 5.75 Å². The minimum absolute atomic E-state index is 0.0201. The second-order valence-electron chi connectivity index (χ2n) is 2.93. The van der Waals surface area contributed by atoms with Gasteiger partial charge in [-0.25, -0.2) is 0 Å². The predicted molar refractivity (Wildman–Crippen MR) is 54.6 cm³/mol. The van der Waals surface area contributed by atoms with E-state index in [1.807, 2.05) is 6.07 Å². The van der Waals surface area contributed by atoms with Crippen molar-refractivity contribution in [3.8, 4) is 5.75 Å². The first kappa shape index (κ1) is 11.9. The fourth-order valence-electron chi connectivity index (χ4n) is 0.918. The summed E-state index contributed by atoms with van der Waals surface area (Å²) < 4.78 is 38.9. The van der Waals surface area contributed by atoms with Crippen LogP contribution in [0.2, 0.25) is 0 Å². The summed E-state index contributed by atoms with van der Waals surface area (Å²) in [7, 11) is -3.45. The Labute approximate surface area is 88.6 Å².